The van der Waals surface area contributed by atoms with Gasteiger partial charge in [-0.1, -0.05) is 23.8 Å². The minimum absolute atomic E-state index is 0.282. The van der Waals surface area contributed by atoms with Crippen LogP contribution in [0, 0.1) is 12.7 Å². The molecule has 22 heavy (non-hydrogen) atoms. The van der Waals surface area contributed by atoms with Crippen LogP contribution >= 0.6 is 0 Å². The molecule has 0 fully saturated rings. The van der Waals surface area contributed by atoms with Crippen molar-refractivity contribution in [1.29, 1.82) is 0 Å². The SMILES string of the molecule is Cc1ccc2[nH]nc(N)c2c1.O=CNCc1cccc(F)c1. The second-order valence-electron chi connectivity index (χ2n) is 4.79. The van der Waals surface area contributed by atoms with Crippen LogP contribution in [0.4, 0.5) is 10.2 Å². The average molecular weight is 300 g/mol. The second-order valence-corrected chi connectivity index (χ2v) is 4.79. The Bertz CT molecular complexity index is 770. The fourth-order valence-corrected chi connectivity index (χ4v) is 1.95. The van der Waals surface area contributed by atoms with Crippen molar-refractivity contribution in [1.82, 2.24) is 15.5 Å². The van der Waals surface area contributed by atoms with Crippen LogP contribution in [0.2, 0.25) is 0 Å². The average Bonchev–Trinajstić information content (AvgIpc) is 2.87. The molecule has 0 bridgehead atoms. The molecule has 4 N–H and O–H groups in total. The zero-order valence-electron chi connectivity index (χ0n) is 12.1. The second kappa shape index (κ2) is 7.21. The van der Waals surface area contributed by atoms with Crippen LogP contribution in [-0.2, 0) is 11.3 Å². The van der Waals surface area contributed by atoms with E-state index in [0.29, 0.717) is 18.8 Å². The molecule has 0 unspecified atom stereocenters. The number of aromatic amines is 1. The van der Waals surface area contributed by atoms with Gasteiger partial charge in [-0.3, -0.25) is 9.89 Å². The number of carbonyl (C=O) groups excluding carboxylic acids is 1. The number of nitrogens with two attached hydrogens (primary N) is 1. The van der Waals surface area contributed by atoms with E-state index in [1.54, 1.807) is 12.1 Å². The molecule has 0 radical (unpaired) electrons. The van der Waals surface area contributed by atoms with Crippen LogP contribution in [0.5, 0.6) is 0 Å². The van der Waals surface area contributed by atoms with Gasteiger partial charge in [-0.25, -0.2) is 4.39 Å². The standard InChI is InChI=1S/C8H8FNO.C8H9N3/c9-8-3-1-2-7(4-8)5-10-6-11;1-5-2-3-7-6(4-5)8(9)11-10-7/h1-4,6H,5H2,(H,10,11);2-4H,1H3,(H3,9,10,11). The number of benzene rings is 2. The van der Waals surface area contributed by atoms with Gasteiger partial charge in [0.05, 0.1) is 5.52 Å². The van der Waals surface area contributed by atoms with E-state index in [1.807, 2.05) is 25.1 Å². The molecular weight excluding hydrogens is 283 g/mol. The Labute approximate surface area is 127 Å². The van der Waals surface area contributed by atoms with Crippen molar-refractivity contribution in [3.63, 3.8) is 0 Å². The number of nitrogens with zero attached hydrogens (tertiary/aromatic N) is 1. The number of carbonyl (C=O) groups is 1. The third-order valence-electron chi connectivity index (χ3n) is 3.03. The summed E-state index contributed by atoms with van der Waals surface area (Å²) >= 11 is 0. The Morgan fingerprint density at radius 2 is 2.14 bits per heavy atom. The Hall–Kier alpha value is -2.89. The molecule has 6 heteroatoms. The van der Waals surface area contributed by atoms with Gasteiger partial charge in [0, 0.05) is 11.9 Å². The van der Waals surface area contributed by atoms with Crippen molar-refractivity contribution < 1.29 is 9.18 Å². The first-order chi connectivity index (χ1) is 10.6. The lowest BCUT2D eigenvalue weighted by molar-refractivity contribution is -0.109. The van der Waals surface area contributed by atoms with Crippen molar-refractivity contribution in [2.24, 2.45) is 0 Å². The summed E-state index contributed by atoms with van der Waals surface area (Å²) in [6.45, 7) is 2.41. The molecule has 0 spiro atoms. The minimum Gasteiger partial charge on any atom is -0.382 e. The molecule has 0 aliphatic carbocycles. The molecule has 5 nitrogen and oxygen atoms in total. The van der Waals surface area contributed by atoms with Crippen LogP contribution in [0.1, 0.15) is 11.1 Å². The van der Waals surface area contributed by atoms with Gasteiger partial charge in [-0.05, 0) is 36.8 Å². The lowest BCUT2D eigenvalue weighted by Gasteiger charge is -1.97. The molecule has 0 atom stereocenters. The third kappa shape index (κ3) is 4.05. The van der Waals surface area contributed by atoms with E-state index in [9.17, 15) is 9.18 Å². The summed E-state index contributed by atoms with van der Waals surface area (Å²) in [7, 11) is 0. The topological polar surface area (TPSA) is 83.8 Å². The molecule has 0 saturated heterocycles. The summed E-state index contributed by atoms with van der Waals surface area (Å²) < 4.78 is 12.5. The monoisotopic (exact) mass is 300 g/mol. The van der Waals surface area contributed by atoms with Gasteiger partial charge in [0.25, 0.3) is 0 Å². The molecule has 3 aromatic rings. The number of rotatable bonds is 3. The smallest absolute Gasteiger partial charge is 0.207 e. The Balaban J connectivity index is 0.000000160. The van der Waals surface area contributed by atoms with Crippen LogP contribution in [0.3, 0.4) is 0 Å². The number of halogens is 1. The molecule has 0 saturated carbocycles. The molecule has 114 valence electrons. The van der Waals surface area contributed by atoms with Crippen LogP contribution < -0.4 is 11.1 Å². The summed E-state index contributed by atoms with van der Waals surface area (Å²) in [6, 6.07) is 12.1. The lowest BCUT2D eigenvalue weighted by atomic mass is 10.2. The highest BCUT2D eigenvalue weighted by molar-refractivity contribution is 5.88. The molecule has 0 aliphatic rings. The van der Waals surface area contributed by atoms with Gasteiger partial charge in [-0.2, -0.15) is 5.10 Å². The summed E-state index contributed by atoms with van der Waals surface area (Å²) in [4.78, 5) is 9.86. The quantitative estimate of drug-likeness (QED) is 0.650. The normalized spacial score (nSPS) is 9.91. The summed E-state index contributed by atoms with van der Waals surface area (Å²) in [6.07, 6.45) is 0.588. The van der Waals surface area contributed by atoms with E-state index in [4.69, 9.17) is 5.73 Å². The zero-order chi connectivity index (χ0) is 15.9. The Morgan fingerprint density at radius 1 is 1.32 bits per heavy atom. The maximum absolute atomic E-state index is 12.5. The largest absolute Gasteiger partial charge is 0.382 e. The van der Waals surface area contributed by atoms with Gasteiger partial charge < -0.3 is 11.1 Å². The maximum Gasteiger partial charge on any atom is 0.207 e. The number of amides is 1. The summed E-state index contributed by atoms with van der Waals surface area (Å²) in [5.74, 6) is 0.291. The molecular formula is C16H17FN4O. The fourth-order valence-electron chi connectivity index (χ4n) is 1.95. The van der Waals surface area contributed by atoms with E-state index in [-0.39, 0.29) is 5.82 Å². The predicted molar refractivity (Wildman–Crippen MR) is 84.5 cm³/mol. The predicted octanol–water partition coefficient (Wildman–Crippen LogP) is 2.53. The number of aryl methyl sites for hydroxylation is 1. The van der Waals surface area contributed by atoms with Crippen LogP contribution in [0.25, 0.3) is 10.9 Å². The van der Waals surface area contributed by atoms with E-state index >= 15 is 0 Å². The number of hydrogen-bond acceptors (Lipinski definition) is 3. The minimum atomic E-state index is -0.282. The van der Waals surface area contributed by atoms with Crippen molar-refractivity contribution in [2.45, 2.75) is 13.5 Å². The first kappa shape index (κ1) is 15.5. The maximum atomic E-state index is 12.5. The molecule has 1 aromatic heterocycles. The van der Waals surface area contributed by atoms with Gasteiger partial charge in [0.1, 0.15) is 5.82 Å². The summed E-state index contributed by atoms with van der Waals surface area (Å²) in [5.41, 5.74) is 8.56. The number of hydrogen-bond donors (Lipinski definition) is 3. The lowest BCUT2D eigenvalue weighted by Crippen LogP contribution is -2.09. The van der Waals surface area contributed by atoms with E-state index < -0.39 is 0 Å². The summed E-state index contributed by atoms with van der Waals surface area (Å²) in [5, 5.41) is 10.2. The van der Waals surface area contributed by atoms with Gasteiger partial charge in [0.15, 0.2) is 5.82 Å². The van der Waals surface area contributed by atoms with Crippen molar-refractivity contribution in [3.8, 4) is 0 Å². The Kier molecular flexibility index (Phi) is 5.08. The van der Waals surface area contributed by atoms with E-state index in [1.165, 1.54) is 17.7 Å². The van der Waals surface area contributed by atoms with Gasteiger partial charge in [0.2, 0.25) is 6.41 Å². The van der Waals surface area contributed by atoms with Gasteiger partial charge in [-0.15, -0.1) is 0 Å². The van der Waals surface area contributed by atoms with Crippen molar-refractivity contribution >= 4 is 23.1 Å². The number of fused-ring (bicyclic) bond motifs is 1. The first-order valence-electron chi connectivity index (χ1n) is 6.72. The van der Waals surface area contributed by atoms with E-state index in [2.05, 4.69) is 15.5 Å². The first-order valence-corrected chi connectivity index (χ1v) is 6.72. The van der Waals surface area contributed by atoms with Crippen molar-refractivity contribution in [3.05, 3.63) is 59.4 Å². The van der Waals surface area contributed by atoms with E-state index in [0.717, 1.165) is 16.5 Å². The highest BCUT2D eigenvalue weighted by Crippen LogP contribution is 2.18. The highest BCUT2D eigenvalue weighted by Gasteiger charge is 1.99. The third-order valence-corrected chi connectivity index (χ3v) is 3.03. The molecule has 3 rings (SSSR count). The van der Waals surface area contributed by atoms with Crippen LogP contribution in [-0.4, -0.2) is 16.6 Å². The number of nitrogens with one attached hydrogen (secondary N) is 2. The number of H-pyrrole nitrogens is 1. The van der Waals surface area contributed by atoms with Crippen molar-refractivity contribution in [2.75, 3.05) is 5.73 Å². The molecule has 2 aromatic carbocycles. The molecule has 1 amide bonds. The fraction of sp³-hybridized carbons (Fsp3) is 0.125. The van der Waals surface area contributed by atoms with Crippen LogP contribution in [0.15, 0.2) is 42.5 Å². The molecule has 1 heterocycles. The Morgan fingerprint density at radius 3 is 2.86 bits per heavy atom. The number of aromatic nitrogens is 2. The highest BCUT2D eigenvalue weighted by atomic mass is 19.1. The number of nitrogen functional groups attached to an aromatic ring is 1. The zero-order valence-corrected chi connectivity index (χ0v) is 12.1. The molecule has 0 aliphatic heterocycles. The number of anilines is 1. The van der Waals surface area contributed by atoms with Gasteiger partial charge >= 0.3 is 0 Å².